The summed E-state index contributed by atoms with van der Waals surface area (Å²) in [6.07, 6.45) is 0. The van der Waals surface area contributed by atoms with Gasteiger partial charge in [-0.3, -0.25) is 13.9 Å². The average molecular weight is 552 g/mol. The number of hydrogen-bond donors (Lipinski definition) is 1. The Morgan fingerprint density at radius 1 is 0.897 bits per heavy atom. The number of carbonyl (C=O) groups excluding carboxylic acids is 2. The van der Waals surface area contributed by atoms with Crippen LogP contribution in [-0.4, -0.2) is 51.4 Å². The first-order valence-electron chi connectivity index (χ1n) is 12.8. The van der Waals surface area contributed by atoms with Gasteiger partial charge in [-0.2, -0.15) is 0 Å². The Hall–Kier alpha value is -3.85. The Balaban J connectivity index is 2.05. The minimum absolute atomic E-state index is 0.0820. The molecule has 0 unspecified atom stereocenters. The van der Waals surface area contributed by atoms with E-state index in [0.29, 0.717) is 18.0 Å². The smallest absolute Gasteiger partial charge is 0.264 e. The van der Waals surface area contributed by atoms with Crippen molar-refractivity contribution in [2.45, 2.75) is 52.1 Å². The van der Waals surface area contributed by atoms with Gasteiger partial charge in [0.25, 0.3) is 10.0 Å². The van der Waals surface area contributed by atoms with E-state index in [1.165, 1.54) is 17.0 Å². The summed E-state index contributed by atoms with van der Waals surface area (Å²) < 4.78 is 34.2. The fourth-order valence-corrected chi connectivity index (χ4v) is 5.69. The molecular formula is C30H37N3O5S. The summed E-state index contributed by atoms with van der Waals surface area (Å²) in [6.45, 7) is 9.12. The molecule has 9 heteroatoms. The summed E-state index contributed by atoms with van der Waals surface area (Å²) >= 11 is 0. The fraction of sp³-hybridized carbons (Fsp3) is 0.333. The minimum atomic E-state index is -4.10. The Labute approximate surface area is 231 Å². The number of anilines is 1. The molecule has 3 rings (SSSR count). The van der Waals surface area contributed by atoms with Crippen LogP contribution >= 0.6 is 0 Å². The molecule has 0 bridgehead atoms. The number of methoxy groups -OCH3 is 1. The van der Waals surface area contributed by atoms with Crippen molar-refractivity contribution < 1.29 is 22.7 Å². The van der Waals surface area contributed by atoms with E-state index in [0.717, 1.165) is 26.6 Å². The van der Waals surface area contributed by atoms with Gasteiger partial charge in [-0.15, -0.1) is 0 Å². The molecule has 2 amide bonds. The van der Waals surface area contributed by atoms with Gasteiger partial charge in [-0.05, 0) is 87.7 Å². The number of likely N-dealkylation sites (N-methyl/N-ethyl adjacent to an activating group) is 1. The SMILES string of the molecule is CCNC(=O)[C@H](C)N(Cc1ccc(OC)cc1)C(=O)CN(c1cc(C)cc(C)c1)S(=O)(=O)c1ccc(C)cc1. The number of ether oxygens (including phenoxy) is 1. The highest BCUT2D eigenvalue weighted by Gasteiger charge is 2.32. The van der Waals surface area contributed by atoms with E-state index in [1.54, 1.807) is 57.4 Å². The third-order valence-corrected chi connectivity index (χ3v) is 8.20. The Kier molecular flexibility index (Phi) is 9.75. The summed E-state index contributed by atoms with van der Waals surface area (Å²) in [5.41, 5.74) is 3.82. The summed E-state index contributed by atoms with van der Waals surface area (Å²) in [4.78, 5) is 28.2. The second-order valence-electron chi connectivity index (χ2n) is 9.61. The van der Waals surface area contributed by atoms with E-state index < -0.39 is 28.5 Å². The molecule has 3 aromatic carbocycles. The number of benzene rings is 3. The standard InChI is InChI=1S/C30H37N3O5S/c1-7-31-30(35)24(5)32(19-25-10-12-27(38-6)13-11-25)29(34)20-33(26-17-22(3)16-23(4)18-26)39(36,37)28-14-8-21(2)9-15-28/h8-18,24H,7,19-20H2,1-6H3,(H,31,35)/t24-/m0/s1. The van der Waals surface area contributed by atoms with Crippen molar-refractivity contribution in [2.24, 2.45) is 0 Å². The maximum absolute atomic E-state index is 13.9. The van der Waals surface area contributed by atoms with Crippen LogP contribution in [-0.2, 0) is 26.2 Å². The topological polar surface area (TPSA) is 96.0 Å². The van der Waals surface area contributed by atoms with Crippen molar-refractivity contribution >= 4 is 27.5 Å². The van der Waals surface area contributed by atoms with Crippen molar-refractivity contribution in [3.05, 3.63) is 89.0 Å². The maximum atomic E-state index is 13.9. The molecule has 0 saturated heterocycles. The van der Waals surface area contributed by atoms with Gasteiger partial charge in [0.15, 0.2) is 0 Å². The molecule has 0 aromatic heterocycles. The predicted molar refractivity (Wildman–Crippen MR) is 153 cm³/mol. The van der Waals surface area contributed by atoms with Crippen LogP contribution in [0.2, 0.25) is 0 Å². The zero-order valence-electron chi connectivity index (χ0n) is 23.4. The van der Waals surface area contributed by atoms with Gasteiger partial charge in [-0.1, -0.05) is 35.9 Å². The number of rotatable bonds is 11. The van der Waals surface area contributed by atoms with Gasteiger partial charge in [-0.25, -0.2) is 8.42 Å². The molecule has 1 atom stereocenters. The first-order chi connectivity index (χ1) is 18.5. The number of sulfonamides is 1. The van der Waals surface area contributed by atoms with Crippen LogP contribution in [0.3, 0.4) is 0 Å². The minimum Gasteiger partial charge on any atom is -0.497 e. The average Bonchev–Trinajstić information content (AvgIpc) is 2.89. The molecule has 0 fully saturated rings. The number of hydrogen-bond acceptors (Lipinski definition) is 5. The molecule has 0 aliphatic heterocycles. The van der Waals surface area contributed by atoms with Gasteiger partial charge < -0.3 is 15.0 Å². The summed E-state index contributed by atoms with van der Waals surface area (Å²) in [5.74, 6) is -0.156. The zero-order valence-corrected chi connectivity index (χ0v) is 24.2. The van der Waals surface area contributed by atoms with Crippen molar-refractivity contribution in [1.29, 1.82) is 0 Å². The molecule has 0 radical (unpaired) electrons. The van der Waals surface area contributed by atoms with Crippen molar-refractivity contribution in [2.75, 3.05) is 24.5 Å². The molecule has 0 saturated carbocycles. The number of nitrogens with one attached hydrogen (secondary N) is 1. The normalized spacial score (nSPS) is 11.9. The highest BCUT2D eigenvalue weighted by atomic mass is 32.2. The van der Waals surface area contributed by atoms with E-state index in [-0.39, 0.29) is 17.3 Å². The maximum Gasteiger partial charge on any atom is 0.264 e. The number of aryl methyl sites for hydroxylation is 3. The van der Waals surface area contributed by atoms with Gasteiger partial charge in [0.1, 0.15) is 18.3 Å². The quantitative estimate of drug-likeness (QED) is 0.382. The lowest BCUT2D eigenvalue weighted by Crippen LogP contribution is -2.51. The molecule has 208 valence electrons. The van der Waals surface area contributed by atoms with Crippen molar-refractivity contribution in [3.8, 4) is 5.75 Å². The predicted octanol–water partition coefficient (Wildman–Crippen LogP) is 4.37. The number of carbonyl (C=O) groups is 2. The Bertz CT molecular complexity index is 1380. The van der Waals surface area contributed by atoms with E-state index in [2.05, 4.69) is 5.32 Å². The first-order valence-corrected chi connectivity index (χ1v) is 14.3. The molecule has 0 spiro atoms. The van der Waals surface area contributed by atoms with E-state index in [4.69, 9.17) is 4.74 Å². The highest BCUT2D eigenvalue weighted by Crippen LogP contribution is 2.27. The molecule has 0 aliphatic carbocycles. The second-order valence-corrected chi connectivity index (χ2v) is 11.5. The van der Waals surface area contributed by atoms with Crippen LogP contribution in [0.5, 0.6) is 5.75 Å². The van der Waals surface area contributed by atoms with Crippen LogP contribution in [0.25, 0.3) is 0 Å². The second kappa shape index (κ2) is 12.8. The van der Waals surface area contributed by atoms with Crippen LogP contribution in [0.1, 0.15) is 36.1 Å². The molecule has 8 nitrogen and oxygen atoms in total. The first kappa shape index (κ1) is 29.7. The molecule has 0 aliphatic rings. The molecule has 39 heavy (non-hydrogen) atoms. The van der Waals surface area contributed by atoms with Crippen LogP contribution in [0, 0.1) is 20.8 Å². The molecular weight excluding hydrogens is 514 g/mol. The number of nitrogens with zero attached hydrogens (tertiary/aromatic N) is 2. The summed E-state index contributed by atoms with van der Waals surface area (Å²) in [5, 5.41) is 2.76. The fourth-order valence-electron chi connectivity index (χ4n) is 4.29. The molecule has 3 aromatic rings. The zero-order chi connectivity index (χ0) is 28.7. The van der Waals surface area contributed by atoms with Crippen molar-refractivity contribution in [3.63, 3.8) is 0 Å². The third kappa shape index (κ3) is 7.38. The van der Waals surface area contributed by atoms with Crippen LogP contribution < -0.4 is 14.4 Å². The largest absolute Gasteiger partial charge is 0.497 e. The summed E-state index contributed by atoms with van der Waals surface area (Å²) in [7, 11) is -2.53. The van der Waals surface area contributed by atoms with E-state index in [1.807, 2.05) is 39.0 Å². The lowest BCUT2D eigenvalue weighted by Gasteiger charge is -2.32. The molecule has 1 N–H and O–H groups in total. The molecule has 0 heterocycles. The van der Waals surface area contributed by atoms with Gasteiger partial charge >= 0.3 is 0 Å². The van der Waals surface area contributed by atoms with E-state index in [9.17, 15) is 18.0 Å². The van der Waals surface area contributed by atoms with Gasteiger partial charge in [0, 0.05) is 13.1 Å². The Morgan fingerprint density at radius 3 is 2.03 bits per heavy atom. The lowest BCUT2D eigenvalue weighted by molar-refractivity contribution is -0.139. The van der Waals surface area contributed by atoms with Crippen LogP contribution in [0.15, 0.2) is 71.6 Å². The monoisotopic (exact) mass is 551 g/mol. The lowest BCUT2D eigenvalue weighted by atomic mass is 10.1. The highest BCUT2D eigenvalue weighted by molar-refractivity contribution is 7.92. The van der Waals surface area contributed by atoms with E-state index >= 15 is 0 Å². The number of amides is 2. The summed E-state index contributed by atoms with van der Waals surface area (Å²) in [6, 6.07) is 18.3. The third-order valence-electron chi connectivity index (χ3n) is 6.41. The van der Waals surface area contributed by atoms with Gasteiger partial charge in [0.2, 0.25) is 11.8 Å². The van der Waals surface area contributed by atoms with Gasteiger partial charge in [0.05, 0.1) is 17.7 Å². The van der Waals surface area contributed by atoms with Crippen molar-refractivity contribution in [1.82, 2.24) is 10.2 Å². The Morgan fingerprint density at radius 2 is 1.49 bits per heavy atom. The van der Waals surface area contributed by atoms with Crippen LogP contribution in [0.4, 0.5) is 5.69 Å².